The zero-order chi connectivity index (χ0) is 19.2. The molecular weight excluding hydrogens is 358 g/mol. The van der Waals surface area contributed by atoms with Crippen molar-refractivity contribution in [2.45, 2.75) is 45.7 Å². The van der Waals surface area contributed by atoms with E-state index in [1.165, 1.54) is 16.7 Å². The molecule has 3 N–H and O–H groups in total. The van der Waals surface area contributed by atoms with Crippen LogP contribution in [-0.2, 0) is 30.6 Å². The maximum Gasteiger partial charge on any atom is 0.224 e. The molecule has 0 saturated heterocycles. The molecule has 0 aliphatic carbocycles. The second-order valence-corrected chi connectivity index (χ2v) is 7.79. The van der Waals surface area contributed by atoms with Gasteiger partial charge < -0.3 is 16.0 Å². The summed E-state index contributed by atoms with van der Waals surface area (Å²) in [5, 5.41) is 10.7. The van der Waals surface area contributed by atoms with Crippen LogP contribution in [0.15, 0.2) is 36.4 Å². The smallest absolute Gasteiger partial charge is 0.224 e. The van der Waals surface area contributed by atoms with Gasteiger partial charge in [0, 0.05) is 12.6 Å². The first-order valence-corrected chi connectivity index (χ1v) is 10.0. The summed E-state index contributed by atoms with van der Waals surface area (Å²) in [6.07, 6.45) is 2.44. The van der Waals surface area contributed by atoms with Crippen LogP contribution in [0, 0.1) is 0 Å². The monoisotopic (exact) mass is 385 g/mol. The molecule has 0 fully saturated rings. The van der Waals surface area contributed by atoms with E-state index in [0.29, 0.717) is 13.0 Å². The number of hydrogen-bond acceptors (Lipinski definition) is 3. The molecule has 144 valence electrons. The number of nitrogens with one attached hydrogen (secondary N) is 3. The Hall–Kier alpha value is -2.04. The van der Waals surface area contributed by atoms with E-state index >= 15 is 0 Å². The summed E-state index contributed by atoms with van der Waals surface area (Å²) in [5.41, 5.74) is 5.95. The quantitative estimate of drug-likeness (QED) is 0.710. The van der Waals surface area contributed by atoms with Crippen molar-refractivity contribution >= 4 is 23.2 Å². The van der Waals surface area contributed by atoms with Gasteiger partial charge in [-0.15, -0.1) is 0 Å². The summed E-state index contributed by atoms with van der Waals surface area (Å²) in [6.45, 7) is 6.65. The summed E-state index contributed by atoms with van der Waals surface area (Å²) in [7, 11) is 0. The van der Waals surface area contributed by atoms with E-state index in [1.807, 2.05) is 32.0 Å². The lowest BCUT2D eigenvalue weighted by Crippen LogP contribution is -2.31. The Morgan fingerprint density at radius 1 is 1.07 bits per heavy atom. The minimum Gasteiger partial charge on any atom is -0.380 e. The molecule has 2 aromatic carbocycles. The Morgan fingerprint density at radius 2 is 1.78 bits per heavy atom. The van der Waals surface area contributed by atoms with Crippen molar-refractivity contribution < 1.29 is 4.79 Å². The fourth-order valence-electron chi connectivity index (χ4n) is 3.46. The summed E-state index contributed by atoms with van der Waals surface area (Å²) in [4.78, 5) is 11.9. The summed E-state index contributed by atoms with van der Waals surface area (Å²) < 4.78 is 0. The van der Waals surface area contributed by atoms with Gasteiger partial charge in [0.05, 0.1) is 17.1 Å². The molecule has 0 bridgehead atoms. The minimum atomic E-state index is 0.0586. The van der Waals surface area contributed by atoms with E-state index in [0.717, 1.165) is 42.2 Å². The van der Waals surface area contributed by atoms with E-state index in [2.05, 4.69) is 34.1 Å². The van der Waals surface area contributed by atoms with Crippen LogP contribution >= 0.6 is 11.6 Å². The van der Waals surface area contributed by atoms with Gasteiger partial charge in [0.2, 0.25) is 5.91 Å². The van der Waals surface area contributed by atoms with E-state index in [1.54, 1.807) is 0 Å². The number of hydrogen-bond donors (Lipinski definition) is 3. The van der Waals surface area contributed by atoms with Gasteiger partial charge in [-0.2, -0.15) is 0 Å². The van der Waals surface area contributed by atoms with Gasteiger partial charge in [0.1, 0.15) is 0 Å². The predicted molar refractivity (Wildman–Crippen MR) is 112 cm³/mol. The number of amides is 1. The highest BCUT2D eigenvalue weighted by Gasteiger charge is 2.14. The number of halogens is 1. The Morgan fingerprint density at radius 3 is 2.52 bits per heavy atom. The Labute approximate surface area is 166 Å². The number of rotatable bonds is 6. The Bertz CT molecular complexity index is 787. The number of benzene rings is 2. The number of fused-ring (bicyclic) bond motifs is 1. The van der Waals surface area contributed by atoms with Crippen LogP contribution in [0.5, 0.6) is 0 Å². The van der Waals surface area contributed by atoms with E-state index in [9.17, 15) is 4.79 Å². The third-order valence-electron chi connectivity index (χ3n) is 4.79. The third-order valence-corrected chi connectivity index (χ3v) is 5.10. The second-order valence-electron chi connectivity index (χ2n) is 7.38. The van der Waals surface area contributed by atoms with Gasteiger partial charge >= 0.3 is 0 Å². The van der Waals surface area contributed by atoms with Crippen molar-refractivity contribution in [2.75, 3.05) is 18.4 Å². The molecule has 5 heteroatoms. The normalized spacial score (nSPS) is 13.8. The molecule has 0 unspecified atom stereocenters. The molecule has 0 radical (unpaired) electrons. The summed E-state index contributed by atoms with van der Waals surface area (Å²) in [6, 6.07) is 12.5. The molecule has 4 nitrogen and oxygen atoms in total. The summed E-state index contributed by atoms with van der Waals surface area (Å²) in [5.74, 6) is 0.0586. The van der Waals surface area contributed by atoms with Crippen LogP contribution < -0.4 is 16.0 Å². The summed E-state index contributed by atoms with van der Waals surface area (Å²) >= 11 is 6.48. The molecule has 1 aliphatic rings. The molecule has 0 aromatic heterocycles. The largest absolute Gasteiger partial charge is 0.380 e. The first-order valence-electron chi connectivity index (χ1n) is 9.65. The van der Waals surface area contributed by atoms with Crippen molar-refractivity contribution in [3.63, 3.8) is 0 Å². The highest BCUT2D eigenvalue weighted by molar-refractivity contribution is 6.33. The van der Waals surface area contributed by atoms with Crippen LogP contribution in [0.2, 0.25) is 5.02 Å². The van der Waals surface area contributed by atoms with E-state index in [-0.39, 0.29) is 11.9 Å². The molecule has 3 rings (SSSR count). The van der Waals surface area contributed by atoms with Crippen LogP contribution in [-0.4, -0.2) is 25.0 Å². The van der Waals surface area contributed by atoms with Gasteiger partial charge in [-0.05, 0) is 68.1 Å². The first-order chi connectivity index (χ1) is 13.0. The van der Waals surface area contributed by atoms with Crippen molar-refractivity contribution in [3.8, 4) is 0 Å². The SMILES string of the molecule is CC(C)NC(=O)Cc1ccc(CNc2c(Cl)ccc3c2CCNCC3)cc1. The number of anilines is 1. The van der Waals surface area contributed by atoms with Crippen LogP contribution in [0.25, 0.3) is 0 Å². The predicted octanol–water partition coefficient (Wildman–Crippen LogP) is 3.71. The number of carbonyl (C=O) groups is 1. The standard InChI is InChI=1S/C22H28ClN3O/c1-15(2)26-21(27)13-16-3-5-17(6-4-16)14-25-22-19-10-12-24-11-9-18(19)7-8-20(22)23/h3-8,15,24-25H,9-14H2,1-2H3,(H,26,27). The van der Waals surface area contributed by atoms with Crippen molar-refractivity contribution in [1.29, 1.82) is 0 Å². The topological polar surface area (TPSA) is 53.2 Å². The average molecular weight is 386 g/mol. The lowest BCUT2D eigenvalue weighted by Gasteiger charge is -2.16. The highest BCUT2D eigenvalue weighted by Crippen LogP contribution is 2.31. The highest BCUT2D eigenvalue weighted by atomic mass is 35.5. The molecule has 27 heavy (non-hydrogen) atoms. The first kappa shape index (κ1) is 19.7. The van der Waals surface area contributed by atoms with Crippen LogP contribution in [0.4, 0.5) is 5.69 Å². The molecule has 0 spiro atoms. The fraction of sp³-hybridized carbons (Fsp3) is 0.409. The second kappa shape index (κ2) is 9.25. The van der Waals surface area contributed by atoms with Crippen molar-refractivity contribution in [3.05, 3.63) is 63.7 Å². The lowest BCUT2D eigenvalue weighted by molar-refractivity contribution is -0.120. The number of carbonyl (C=O) groups excluding carboxylic acids is 1. The zero-order valence-corrected chi connectivity index (χ0v) is 16.8. The fourth-order valence-corrected chi connectivity index (χ4v) is 3.70. The molecule has 2 aromatic rings. The minimum absolute atomic E-state index is 0.0586. The molecule has 1 aliphatic heterocycles. The molecule has 1 amide bonds. The lowest BCUT2D eigenvalue weighted by atomic mass is 10.0. The Kier molecular flexibility index (Phi) is 6.75. The van der Waals surface area contributed by atoms with Gasteiger partial charge in [-0.1, -0.05) is 41.9 Å². The molecule has 0 saturated carbocycles. The molecule has 0 atom stereocenters. The van der Waals surface area contributed by atoms with Crippen molar-refractivity contribution in [1.82, 2.24) is 10.6 Å². The average Bonchev–Trinajstić information content (AvgIpc) is 2.87. The molecular formula is C22H28ClN3O. The maximum atomic E-state index is 11.9. The Balaban J connectivity index is 1.65. The van der Waals surface area contributed by atoms with Gasteiger partial charge in [-0.3, -0.25) is 4.79 Å². The van der Waals surface area contributed by atoms with Crippen LogP contribution in [0.1, 0.15) is 36.1 Å². The van der Waals surface area contributed by atoms with Crippen molar-refractivity contribution in [2.24, 2.45) is 0 Å². The van der Waals surface area contributed by atoms with Gasteiger partial charge in [0.25, 0.3) is 0 Å². The zero-order valence-electron chi connectivity index (χ0n) is 16.1. The van der Waals surface area contributed by atoms with Gasteiger partial charge in [0.15, 0.2) is 0 Å². The van der Waals surface area contributed by atoms with E-state index in [4.69, 9.17) is 11.6 Å². The van der Waals surface area contributed by atoms with E-state index < -0.39 is 0 Å². The van der Waals surface area contributed by atoms with Gasteiger partial charge in [-0.25, -0.2) is 0 Å². The third kappa shape index (κ3) is 5.47. The van der Waals surface area contributed by atoms with Crippen LogP contribution in [0.3, 0.4) is 0 Å². The maximum absolute atomic E-state index is 11.9. The molecule has 1 heterocycles.